The van der Waals surface area contributed by atoms with E-state index in [0.717, 1.165) is 89.3 Å². The summed E-state index contributed by atoms with van der Waals surface area (Å²) in [5.41, 5.74) is 11.6. The first-order chi connectivity index (χ1) is 30.8. The molecule has 0 unspecified atom stereocenters. The fourth-order valence-corrected chi connectivity index (χ4v) is 8.91. The number of para-hydroxylation sites is 2. The molecule has 304 valence electrons. The van der Waals surface area contributed by atoms with Crippen LogP contribution >= 0.6 is 0 Å². The molecule has 0 amide bonds. The first-order valence-corrected chi connectivity index (χ1v) is 21.0. The standard InChI is InChI=1S/C58H41F3N2/c1-40-38-44(18-15-37-62(46-20-6-3-7-21-46)55-28-13-12-23-50(40)55)41-29-33-47(34-30-41)63(49-22-14-19-45(39-49)58(59,60)61)48-35-31-43(32-36-48)57-53-26-10-8-24-51(53)56(42-16-4-2-5-17-42)52-25-9-11-27-54(52)57/h2-36,38-39H,1,37H2/b18-15-,44-38+. The second kappa shape index (κ2) is 16.5. The molecule has 0 atom stereocenters. The van der Waals surface area contributed by atoms with Crippen molar-refractivity contribution in [3.63, 3.8) is 0 Å². The van der Waals surface area contributed by atoms with Gasteiger partial charge in [-0.1, -0.05) is 164 Å². The lowest BCUT2D eigenvalue weighted by Crippen LogP contribution is -2.17. The van der Waals surface area contributed by atoms with Crippen LogP contribution in [-0.4, -0.2) is 6.54 Å². The topological polar surface area (TPSA) is 6.48 Å². The lowest BCUT2D eigenvalue weighted by atomic mass is 9.86. The molecule has 0 spiro atoms. The van der Waals surface area contributed by atoms with Gasteiger partial charge in [0.25, 0.3) is 0 Å². The number of allylic oxidation sites excluding steroid dienone is 4. The van der Waals surface area contributed by atoms with Crippen molar-refractivity contribution in [3.05, 3.63) is 248 Å². The van der Waals surface area contributed by atoms with E-state index >= 15 is 0 Å². The maximum atomic E-state index is 14.2. The van der Waals surface area contributed by atoms with E-state index < -0.39 is 11.7 Å². The van der Waals surface area contributed by atoms with E-state index in [2.05, 4.69) is 139 Å². The van der Waals surface area contributed by atoms with Crippen LogP contribution in [0.4, 0.5) is 41.6 Å². The minimum absolute atomic E-state index is 0.404. The Kier molecular flexibility index (Phi) is 10.3. The average molecular weight is 823 g/mol. The zero-order valence-corrected chi connectivity index (χ0v) is 34.3. The normalized spacial score (nSPS) is 14.3. The van der Waals surface area contributed by atoms with Crippen LogP contribution in [-0.2, 0) is 6.18 Å². The summed E-state index contributed by atoms with van der Waals surface area (Å²) in [7, 11) is 0. The Morgan fingerprint density at radius 3 is 1.57 bits per heavy atom. The smallest absolute Gasteiger partial charge is 0.337 e. The van der Waals surface area contributed by atoms with E-state index in [1.807, 2.05) is 77.7 Å². The van der Waals surface area contributed by atoms with E-state index in [4.69, 9.17) is 0 Å². The van der Waals surface area contributed by atoms with Gasteiger partial charge in [-0.25, -0.2) is 0 Å². The van der Waals surface area contributed by atoms with E-state index in [9.17, 15) is 13.2 Å². The lowest BCUT2D eigenvalue weighted by molar-refractivity contribution is -0.137. The maximum absolute atomic E-state index is 14.2. The molecule has 2 nitrogen and oxygen atoms in total. The van der Waals surface area contributed by atoms with Crippen LogP contribution in [0.5, 0.6) is 0 Å². The van der Waals surface area contributed by atoms with Gasteiger partial charge < -0.3 is 9.80 Å². The number of rotatable bonds is 7. The highest BCUT2D eigenvalue weighted by Crippen LogP contribution is 2.45. The number of anilines is 5. The number of benzene rings is 9. The molecule has 0 radical (unpaired) electrons. The molecule has 1 aliphatic heterocycles. The Morgan fingerprint density at radius 1 is 0.476 bits per heavy atom. The van der Waals surface area contributed by atoms with Crippen molar-refractivity contribution in [1.29, 1.82) is 0 Å². The lowest BCUT2D eigenvalue weighted by Gasteiger charge is -2.27. The Hall–Kier alpha value is -7.89. The Morgan fingerprint density at radius 2 is 0.984 bits per heavy atom. The highest BCUT2D eigenvalue weighted by atomic mass is 19.4. The molecule has 0 fully saturated rings. The van der Waals surface area contributed by atoms with E-state index in [0.29, 0.717) is 12.2 Å². The third-order valence-corrected chi connectivity index (χ3v) is 11.8. The third-order valence-electron chi connectivity index (χ3n) is 11.8. The molecule has 0 aliphatic carbocycles. The molecule has 9 aromatic carbocycles. The van der Waals surface area contributed by atoms with Crippen LogP contribution in [0.2, 0.25) is 0 Å². The largest absolute Gasteiger partial charge is 0.416 e. The summed E-state index contributed by atoms with van der Waals surface area (Å²) in [6.07, 6.45) is 1.86. The van der Waals surface area contributed by atoms with Gasteiger partial charge in [-0.15, -0.1) is 0 Å². The van der Waals surface area contributed by atoms with Crippen molar-refractivity contribution in [2.24, 2.45) is 0 Å². The quantitative estimate of drug-likeness (QED) is 0.148. The van der Waals surface area contributed by atoms with Gasteiger partial charge in [0, 0.05) is 40.5 Å². The van der Waals surface area contributed by atoms with Crippen molar-refractivity contribution in [1.82, 2.24) is 0 Å². The Labute approximate surface area is 365 Å². The second-order valence-electron chi connectivity index (χ2n) is 15.7. The molecular formula is C58H41F3N2. The van der Waals surface area contributed by atoms with Crippen molar-refractivity contribution in [3.8, 4) is 22.3 Å². The van der Waals surface area contributed by atoms with Crippen molar-refractivity contribution in [2.75, 3.05) is 16.3 Å². The van der Waals surface area contributed by atoms with Crippen molar-refractivity contribution >= 4 is 61.1 Å². The monoisotopic (exact) mass is 822 g/mol. The van der Waals surface area contributed by atoms with Crippen LogP contribution < -0.4 is 9.80 Å². The van der Waals surface area contributed by atoms with Crippen LogP contribution in [0.25, 0.3) is 54.9 Å². The first kappa shape index (κ1) is 39.3. The van der Waals surface area contributed by atoms with Crippen LogP contribution in [0.3, 0.4) is 0 Å². The fraction of sp³-hybridized carbons (Fsp3) is 0.0345. The molecule has 1 aliphatic rings. The van der Waals surface area contributed by atoms with Gasteiger partial charge in [0.2, 0.25) is 0 Å². The molecule has 0 saturated heterocycles. The van der Waals surface area contributed by atoms with E-state index in [1.165, 1.54) is 17.7 Å². The van der Waals surface area contributed by atoms with Crippen molar-refractivity contribution in [2.45, 2.75) is 6.18 Å². The summed E-state index contributed by atoms with van der Waals surface area (Å²) in [4.78, 5) is 4.16. The second-order valence-corrected chi connectivity index (χ2v) is 15.7. The van der Waals surface area contributed by atoms with Crippen LogP contribution in [0, 0.1) is 0 Å². The van der Waals surface area contributed by atoms with Gasteiger partial charge in [-0.05, 0) is 127 Å². The summed E-state index contributed by atoms with van der Waals surface area (Å²) in [6, 6.07) is 67.8. The maximum Gasteiger partial charge on any atom is 0.416 e. The van der Waals surface area contributed by atoms with Crippen LogP contribution in [0.1, 0.15) is 16.7 Å². The molecule has 9 aromatic rings. The van der Waals surface area contributed by atoms with Gasteiger partial charge in [0.05, 0.1) is 5.56 Å². The highest BCUT2D eigenvalue weighted by molar-refractivity contribution is 6.21. The number of nitrogens with zero attached hydrogens (tertiary/aromatic N) is 2. The van der Waals surface area contributed by atoms with Crippen LogP contribution in [0.15, 0.2) is 231 Å². The third kappa shape index (κ3) is 7.59. The van der Waals surface area contributed by atoms with Crippen molar-refractivity contribution < 1.29 is 13.2 Å². The predicted molar refractivity (Wildman–Crippen MR) is 258 cm³/mol. The molecule has 63 heavy (non-hydrogen) atoms. The Balaban J connectivity index is 1.05. The SMILES string of the molecule is C=C1/C=C(c2ccc(N(c3ccc(-c4c5ccccc5c(-c5ccccc5)c5ccccc45)cc3)c3cccc(C(F)(F)F)c3)cc2)\C=C/CN(c2ccccc2)c2ccccc21. The van der Waals surface area contributed by atoms with E-state index in [1.54, 1.807) is 6.07 Å². The fourth-order valence-electron chi connectivity index (χ4n) is 8.91. The van der Waals surface area contributed by atoms with Gasteiger partial charge in [-0.3, -0.25) is 0 Å². The number of hydrogen-bond acceptors (Lipinski definition) is 2. The minimum Gasteiger partial charge on any atom is -0.337 e. The highest BCUT2D eigenvalue weighted by Gasteiger charge is 2.31. The molecule has 0 bridgehead atoms. The molecule has 1 heterocycles. The van der Waals surface area contributed by atoms with Gasteiger partial charge in [-0.2, -0.15) is 13.2 Å². The first-order valence-electron chi connectivity index (χ1n) is 21.0. The van der Waals surface area contributed by atoms with E-state index in [-0.39, 0.29) is 0 Å². The summed E-state index contributed by atoms with van der Waals surface area (Å²) < 4.78 is 42.7. The number of halogens is 3. The molecule has 0 aromatic heterocycles. The molecule has 0 N–H and O–H groups in total. The number of alkyl halides is 3. The molecule has 10 rings (SSSR count). The van der Waals surface area contributed by atoms with Gasteiger partial charge in [0.1, 0.15) is 0 Å². The summed E-state index contributed by atoms with van der Waals surface area (Å²) in [5, 5.41) is 4.55. The summed E-state index contributed by atoms with van der Waals surface area (Å²) in [5.74, 6) is 0. The Bertz CT molecular complexity index is 3130. The predicted octanol–water partition coefficient (Wildman–Crippen LogP) is 16.6. The molecule has 5 heteroatoms. The summed E-state index contributed by atoms with van der Waals surface area (Å²) >= 11 is 0. The zero-order valence-electron chi connectivity index (χ0n) is 34.3. The number of fused-ring (bicyclic) bond motifs is 3. The van der Waals surface area contributed by atoms with Gasteiger partial charge in [0.15, 0.2) is 0 Å². The summed E-state index contributed by atoms with van der Waals surface area (Å²) in [6.45, 7) is 5.14. The minimum atomic E-state index is -4.50. The average Bonchev–Trinajstić information content (AvgIpc) is 3.39. The molecular weight excluding hydrogens is 782 g/mol. The molecule has 0 saturated carbocycles. The van der Waals surface area contributed by atoms with Gasteiger partial charge >= 0.3 is 6.18 Å². The zero-order chi connectivity index (χ0) is 42.9. The number of hydrogen-bond donors (Lipinski definition) is 0.